The van der Waals surface area contributed by atoms with Gasteiger partial charge in [-0.25, -0.2) is 9.48 Å². The fourth-order valence-corrected chi connectivity index (χ4v) is 3.30. The standard InChI is InChI=1S/C19H23N5O4/c1-12-4-3-7-23(9-12)18(26)14-5-6-15(13(2)8-14)20-17(25)11-24-10-16(19(27)28)21-22-24/h5-6,8,10,12H,3-4,7,9,11H2,1-2H3,(H,20,25)(H,27,28). The van der Waals surface area contributed by atoms with Crippen LogP contribution in [0.25, 0.3) is 0 Å². The Morgan fingerprint density at radius 3 is 2.75 bits per heavy atom. The monoisotopic (exact) mass is 385 g/mol. The molecule has 3 rings (SSSR count). The number of nitrogens with zero attached hydrogens (tertiary/aromatic N) is 4. The first-order valence-electron chi connectivity index (χ1n) is 9.16. The number of aryl methyl sites for hydroxylation is 1. The van der Waals surface area contributed by atoms with E-state index in [0.717, 1.165) is 36.2 Å². The number of carbonyl (C=O) groups excluding carboxylic acids is 2. The summed E-state index contributed by atoms with van der Waals surface area (Å²) in [5, 5.41) is 18.7. The van der Waals surface area contributed by atoms with Gasteiger partial charge in [-0.2, -0.15) is 0 Å². The Morgan fingerprint density at radius 2 is 2.11 bits per heavy atom. The molecule has 1 aliphatic rings. The molecule has 28 heavy (non-hydrogen) atoms. The lowest BCUT2D eigenvalue weighted by molar-refractivity contribution is -0.116. The van der Waals surface area contributed by atoms with E-state index in [-0.39, 0.29) is 24.1 Å². The Labute approximate surface area is 162 Å². The van der Waals surface area contributed by atoms with Gasteiger partial charge in [0, 0.05) is 24.3 Å². The summed E-state index contributed by atoms with van der Waals surface area (Å²) in [5.74, 6) is -1.05. The number of hydrogen-bond donors (Lipinski definition) is 2. The van der Waals surface area contributed by atoms with Crippen LogP contribution in [0.3, 0.4) is 0 Å². The van der Waals surface area contributed by atoms with E-state index in [0.29, 0.717) is 17.2 Å². The summed E-state index contributed by atoms with van der Waals surface area (Å²) < 4.78 is 1.16. The van der Waals surface area contributed by atoms with Crippen LogP contribution in [0.15, 0.2) is 24.4 Å². The fraction of sp³-hybridized carbons (Fsp3) is 0.421. The number of piperidine rings is 1. The summed E-state index contributed by atoms with van der Waals surface area (Å²) in [7, 11) is 0. The van der Waals surface area contributed by atoms with E-state index >= 15 is 0 Å². The Morgan fingerprint density at radius 1 is 1.32 bits per heavy atom. The average Bonchev–Trinajstić information content (AvgIpc) is 3.11. The van der Waals surface area contributed by atoms with E-state index in [9.17, 15) is 14.4 Å². The topological polar surface area (TPSA) is 117 Å². The predicted molar refractivity (Wildman–Crippen MR) is 101 cm³/mol. The number of likely N-dealkylation sites (tertiary alicyclic amines) is 1. The Bertz CT molecular complexity index is 907. The number of aromatic nitrogens is 3. The quantitative estimate of drug-likeness (QED) is 0.810. The molecular weight excluding hydrogens is 362 g/mol. The van der Waals surface area contributed by atoms with E-state index in [1.165, 1.54) is 6.20 Å². The minimum atomic E-state index is -1.20. The molecule has 1 atom stereocenters. The van der Waals surface area contributed by atoms with Gasteiger partial charge in [-0.3, -0.25) is 9.59 Å². The molecule has 0 aliphatic carbocycles. The van der Waals surface area contributed by atoms with Gasteiger partial charge in [0.15, 0.2) is 5.69 Å². The van der Waals surface area contributed by atoms with Crippen molar-refractivity contribution in [2.75, 3.05) is 18.4 Å². The number of nitrogens with one attached hydrogen (secondary N) is 1. The highest BCUT2D eigenvalue weighted by Gasteiger charge is 2.22. The number of rotatable bonds is 5. The van der Waals surface area contributed by atoms with E-state index < -0.39 is 5.97 Å². The van der Waals surface area contributed by atoms with Crippen LogP contribution < -0.4 is 5.32 Å². The van der Waals surface area contributed by atoms with E-state index in [1.807, 2.05) is 11.8 Å². The molecule has 0 bridgehead atoms. The summed E-state index contributed by atoms with van der Waals surface area (Å²) in [6, 6.07) is 5.19. The fourth-order valence-electron chi connectivity index (χ4n) is 3.30. The van der Waals surface area contributed by atoms with Gasteiger partial charge in [0.25, 0.3) is 5.91 Å². The number of aromatic carboxylic acids is 1. The third-order valence-electron chi connectivity index (χ3n) is 4.76. The smallest absolute Gasteiger partial charge is 0.358 e. The molecule has 1 aliphatic heterocycles. The molecule has 1 fully saturated rings. The van der Waals surface area contributed by atoms with Crippen molar-refractivity contribution in [3.63, 3.8) is 0 Å². The van der Waals surface area contributed by atoms with Crippen molar-refractivity contribution in [2.45, 2.75) is 33.2 Å². The molecule has 1 aromatic heterocycles. The molecule has 0 radical (unpaired) electrons. The van der Waals surface area contributed by atoms with Gasteiger partial charge in [-0.05, 0) is 49.4 Å². The van der Waals surface area contributed by atoms with Crippen molar-refractivity contribution >= 4 is 23.5 Å². The molecule has 1 unspecified atom stereocenters. The lowest BCUT2D eigenvalue weighted by Crippen LogP contribution is -2.39. The van der Waals surface area contributed by atoms with Gasteiger partial charge < -0.3 is 15.3 Å². The molecular formula is C19H23N5O4. The summed E-state index contributed by atoms with van der Waals surface area (Å²) in [6.45, 7) is 5.36. The predicted octanol–water partition coefficient (Wildman–Crippen LogP) is 1.80. The van der Waals surface area contributed by atoms with Gasteiger partial charge in [0.1, 0.15) is 6.54 Å². The van der Waals surface area contributed by atoms with Crippen LogP contribution in [-0.2, 0) is 11.3 Å². The van der Waals surface area contributed by atoms with Crippen molar-refractivity contribution in [2.24, 2.45) is 5.92 Å². The lowest BCUT2D eigenvalue weighted by Gasteiger charge is -2.31. The molecule has 2 heterocycles. The van der Waals surface area contributed by atoms with E-state index in [4.69, 9.17) is 5.11 Å². The summed E-state index contributed by atoms with van der Waals surface area (Å²) >= 11 is 0. The molecule has 9 nitrogen and oxygen atoms in total. The molecule has 2 N–H and O–H groups in total. The van der Waals surface area contributed by atoms with Crippen LogP contribution in [0.1, 0.15) is 46.2 Å². The Hall–Kier alpha value is -3.23. The molecule has 0 saturated carbocycles. The van der Waals surface area contributed by atoms with Crippen molar-refractivity contribution in [3.05, 3.63) is 41.2 Å². The molecule has 2 amide bonds. The van der Waals surface area contributed by atoms with Gasteiger partial charge in [0.2, 0.25) is 5.91 Å². The van der Waals surface area contributed by atoms with Crippen LogP contribution in [0, 0.1) is 12.8 Å². The highest BCUT2D eigenvalue weighted by atomic mass is 16.4. The maximum Gasteiger partial charge on any atom is 0.358 e. The number of hydrogen-bond acceptors (Lipinski definition) is 5. The third-order valence-corrected chi connectivity index (χ3v) is 4.76. The summed E-state index contributed by atoms with van der Waals surface area (Å²) in [5.41, 5.74) is 1.74. The zero-order valence-corrected chi connectivity index (χ0v) is 15.9. The average molecular weight is 385 g/mol. The number of benzene rings is 1. The number of amides is 2. The Balaban J connectivity index is 1.64. The zero-order chi connectivity index (χ0) is 20.3. The largest absolute Gasteiger partial charge is 0.476 e. The second-order valence-electron chi connectivity index (χ2n) is 7.18. The van der Waals surface area contributed by atoms with Crippen molar-refractivity contribution in [1.29, 1.82) is 0 Å². The van der Waals surface area contributed by atoms with Crippen molar-refractivity contribution in [3.8, 4) is 0 Å². The molecule has 2 aromatic rings. The first-order chi connectivity index (χ1) is 13.3. The SMILES string of the molecule is Cc1cc(C(=O)N2CCCC(C)C2)ccc1NC(=O)Cn1cc(C(=O)O)nn1. The summed E-state index contributed by atoms with van der Waals surface area (Å²) in [6.07, 6.45) is 3.36. The third kappa shape index (κ3) is 4.54. The van der Waals surface area contributed by atoms with E-state index in [2.05, 4.69) is 22.6 Å². The van der Waals surface area contributed by atoms with Gasteiger partial charge in [0.05, 0.1) is 6.20 Å². The van der Waals surface area contributed by atoms with Gasteiger partial charge >= 0.3 is 5.97 Å². The Kier molecular flexibility index (Phi) is 5.72. The van der Waals surface area contributed by atoms with Crippen molar-refractivity contribution < 1.29 is 19.5 Å². The van der Waals surface area contributed by atoms with Crippen LogP contribution in [0.2, 0.25) is 0 Å². The number of carbonyl (C=O) groups is 3. The zero-order valence-electron chi connectivity index (χ0n) is 15.9. The number of anilines is 1. The van der Waals surface area contributed by atoms with Crippen molar-refractivity contribution in [1.82, 2.24) is 19.9 Å². The minimum absolute atomic E-state index is 0.0105. The van der Waals surface area contributed by atoms with Crippen LogP contribution >= 0.6 is 0 Å². The van der Waals surface area contributed by atoms with Gasteiger partial charge in [-0.15, -0.1) is 5.10 Å². The van der Waals surface area contributed by atoms with E-state index in [1.54, 1.807) is 18.2 Å². The summed E-state index contributed by atoms with van der Waals surface area (Å²) in [4.78, 5) is 37.6. The normalized spacial score (nSPS) is 16.6. The second kappa shape index (κ2) is 8.20. The molecule has 1 aromatic carbocycles. The van der Waals surface area contributed by atoms with Crippen LogP contribution in [0.5, 0.6) is 0 Å². The highest BCUT2D eigenvalue weighted by Crippen LogP contribution is 2.21. The number of carboxylic acids is 1. The highest BCUT2D eigenvalue weighted by molar-refractivity contribution is 5.96. The first kappa shape index (κ1) is 19.5. The minimum Gasteiger partial charge on any atom is -0.476 e. The molecule has 9 heteroatoms. The number of carboxylic acid groups (broad SMARTS) is 1. The lowest BCUT2D eigenvalue weighted by atomic mass is 9.99. The van der Waals surface area contributed by atoms with Crippen LogP contribution in [0.4, 0.5) is 5.69 Å². The maximum absolute atomic E-state index is 12.7. The molecule has 1 saturated heterocycles. The van der Waals surface area contributed by atoms with Gasteiger partial charge in [-0.1, -0.05) is 12.1 Å². The maximum atomic E-state index is 12.7. The molecule has 148 valence electrons. The first-order valence-corrected chi connectivity index (χ1v) is 9.16. The van der Waals surface area contributed by atoms with Crippen LogP contribution in [-0.4, -0.2) is 55.9 Å². The second-order valence-corrected chi connectivity index (χ2v) is 7.18. The molecule has 0 spiro atoms.